The molecule has 0 N–H and O–H groups in total. The van der Waals surface area contributed by atoms with Gasteiger partial charge in [0.05, 0.1) is 22.1 Å². The van der Waals surface area contributed by atoms with Gasteiger partial charge in [-0.2, -0.15) is 9.97 Å². The molecule has 0 saturated heterocycles. The summed E-state index contributed by atoms with van der Waals surface area (Å²) in [6.07, 6.45) is 0. The lowest BCUT2D eigenvalue weighted by Crippen LogP contribution is -2.06. The minimum atomic E-state index is 0.568. The van der Waals surface area contributed by atoms with Crippen LogP contribution in [0.15, 0.2) is 249 Å². The van der Waals surface area contributed by atoms with Crippen LogP contribution in [0.4, 0.5) is 0 Å². The Morgan fingerprint density at radius 1 is 0.226 bits per heavy atom. The molecule has 0 amide bonds. The van der Waals surface area contributed by atoms with Crippen molar-refractivity contribution in [1.82, 2.24) is 24.1 Å². The standard InChI is InChI=1S/C75H41N5S4/c1-7-19-59-53(17-1)71-61(79(59)48-36-46(42-25-31-67-55(38-42)49-13-3-9-21-63(49)81-67)35-47(37-48)43-26-32-68-56(39-43)50-14-4-10-22-64(50)82-68)29-30-62-72(71)54-18-2-8-20-60(54)80(62)75-77-73(44-27-33-69-57(40-44)51-15-5-11-23-65(51)83-69)76-74(78-75)45-28-34-70-58(41-45)52-16-6-12-24-66(52)84-70/h1-41H. The predicted octanol–water partition coefficient (Wildman–Crippen LogP) is 22.2. The molecule has 0 fully saturated rings. The first-order valence-corrected chi connectivity index (χ1v) is 31.4. The summed E-state index contributed by atoms with van der Waals surface area (Å²) in [5.74, 6) is 1.82. The van der Waals surface area contributed by atoms with E-state index in [1.54, 1.807) is 0 Å². The second-order valence-corrected chi connectivity index (χ2v) is 26.2. The average molecular weight is 1140 g/mol. The van der Waals surface area contributed by atoms with Crippen LogP contribution >= 0.6 is 45.3 Å². The van der Waals surface area contributed by atoms with Crippen LogP contribution in [0.5, 0.6) is 0 Å². The van der Waals surface area contributed by atoms with Crippen molar-refractivity contribution in [2.24, 2.45) is 0 Å². The van der Waals surface area contributed by atoms with Crippen molar-refractivity contribution in [3.8, 4) is 56.7 Å². The van der Waals surface area contributed by atoms with Crippen LogP contribution < -0.4 is 0 Å². The van der Waals surface area contributed by atoms with E-state index in [1.807, 2.05) is 45.3 Å². The number of benzene rings is 12. The maximum Gasteiger partial charge on any atom is 0.238 e. The van der Waals surface area contributed by atoms with Crippen LogP contribution in [0.25, 0.3) is 181 Å². The van der Waals surface area contributed by atoms with E-state index in [-0.39, 0.29) is 0 Å². The largest absolute Gasteiger partial charge is 0.309 e. The fraction of sp³-hybridized carbons (Fsp3) is 0. The first-order valence-electron chi connectivity index (χ1n) is 28.1. The van der Waals surface area contributed by atoms with Crippen LogP contribution in [0, 0.1) is 0 Å². The molecular formula is C75H41N5S4. The Morgan fingerprint density at radius 3 is 0.988 bits per heavy atom. The number of hydrogen-bond acceptors (Lipinski definition) is 7. The van der Waals surface area contributed by atoms with Gasteiger partial charge in [0.25, 0.3) is 0 Å². The van der Waals surface area contributed by atoms with Crippen molar-refractivity contribution < 1.29 is 0 Å². The molecule has 0 unspecified atom stereocenters. The van der Waals surface area contributed by atoms with E-state index in [0.29, 0.717) is 17.6 Å². The molecule has 19 aromatic rings. The molecule has 7 aromatic heterocycles. The molecule has 0 saturated carbocycles. The summed E-state index contributed by atoms with van der Waals surface area (Å²) in [5.41, 5.74) is 12.0. The van der Waals surface area contributed by atoms with Gasteiger partial charge in [-0.1, -0.05) is 121 Å². The van der Waals surface area contributed by atoms with Gasteiger partial charge in [-0.3, -0.25) is 4.57 Å². The Morgan fingerprint density at radius 2 is 0.560 bits per heavy atom. The number of fused-ring (bicyclic) bond motifs is 19. The molecule has 12 aromatic carbocycles. The van der Waals surface area contributed by atoms with Crippen LogP contribution in [-0.2, 0) is 0 Å². The molecule has 0 aliphatic heterocycles. The van der Waals surface area contributed by atoms with Gasteiger partial charge in [0, 0.05) is 119 Å². The first kappa shape index (κ1) is 46.7. The third kappa shape index (κ3) is 6.95. The quantitative estimate of drug-likeness (QED) is 0.167. The smallest absolute Gasteiger partial charge is 0.238 e. The Balaban J connectivity index is 0.855. The molecule has 0 aliphatic rings. The van der Waals surface area contributed by atoms with Crippen molar-refractivity contribution in [2.45, 2.75) is 0 Å². The summed E-state index contributed by atoms with van der Waals surface area (Å²) in [4.78, 5) is 16.4. The molecular weight excluding hydrogens is 1100 g/mol. The lowest BCUT2D eigenvalue weighted by Gasteiger charge is -2.15. The van der Waals surface area contributed by atoms with Gasteiger partial charge in [0.15, 0.2) is 11.6 Å². The Labute approximate surface area is 495 Å². The highest BCUT2D eigenvalue weighted by molar-refractivity contribution is 7.27. The van der Waals surface area contributed by atoms with Crippen LogP contribution in [-0.4, -0.2) is 24.1 Å². The maximum absolute atomic E-state index is 5.52. The second kappa shape index (κ2) is 17.8. The van der Waals surface area contributed by atoms with Gasteiger partial charge in [0.2, 0.25) is 5.95 Å². The van der Waals surface area contributed by atoms with Crippen molar-refractivity contribution >= 4 is 170 Å². The topological polar surface area (TPSA) is 48.5 Å². The second-order valence-electron chi connectivity index (χ2n) is 21.8. The molecule has 0 atom stereocenters. The van der Waals surface area contributed by atoms with E-state index in [1.165, 1.54) is 103 Å². The van der Waals surface area contributed by atoms with Crippen molar-refractivity contribution in [2.75, 3.05) is 0 Å². The monoisotopic (exact) mass is 1140 g/mol. The van der Waals surface area contributed by atoms with Gasteiger partial charge in [-0.15, -0.1) is 45.3 Å². The van der Waals surface area contributed by atoms with Crippen LogP contribution in [0.1, 0.15) is 0 Å². The number of aromatic nitrogens is 5. The molecule has 390 valence electrons. The summed E-state index contributed by atoms with van der Waals surface area (Å²) in [7, 11) is 0. The molecule has 19 rings (SSSR count). The summed E-state index contributed by atoms with van der Waals surface area (Å²) in [6, 6.07) is 91.8. The van der Waals surface area contributed by atoms with Crippen molar-refractivity contribution in [3.05, 3.63) is 249 Å². The molecule has 5 nitrogen and oxygen atoms in total. The summed E-state index contributed by atoms with van der Waals surface area (Å²) >= 11 is 7.35. The Hall–Kier alpha value is -9.87. The number of rotatable bonds is 6. The zero-order valence-corrected chi connectivity index (χ0v) is 47.8. The lowest BCUT2D eigenvalue weighted by atomic mass is 9.96. The fourth-order valence-corrected chi connectivity index (χ4v) is 17.7. The number of thiophene rings is 4. The minimum absolute atomic E-state index is 0.568. The van der Waals surface area contributed by atoms with E-state index in [0.717, 1.165) is 60.8 Å². The maximum atomic E-state index is 5.52. The van der Waals surface area contributed by atoms with E-state index < -0.39 is 0 Å². The molecule has 0 radical (unpaired) electrons. The third-order valence-corrected chi connectivity index (χ3v) is 21.8. The van der Waals surface area contributed by atoms with Gasteiger partial charge < -0.3 is 4.57 Å². The average Bonchev–Trinajstić information content (AvgIpc) is 2.57. The molecule has 0 spiro atoms. The van der Waals surface area contributed by atoms with Gasteiger partial charge in [-0.25, -0.2) is 4.98 Å². The summed E-state index contributed by atoms with van der Waals surface area (Å²) in [6.45, 7) is 0. The Bertz CT molecular complexity index is 5390. The van der Waals surface area contributed by atoms with Gasteiger partial charge in [-0.05, 0) is 150 Å². The van der Waals surface area contributed by atoms with E-state index in [2.05, 4.69) is 258 Å². The van der Waals surface area contributed by atoms with Gasteiger partial charge in [0.1, 0.15) is 0 Å². The molecule has 9 heteroatoms. The highest BCUT2D eigenvalue weighted by Crippen LogP contribution is 2.46. The normalized spacial score (nSPS) is 12.3. The molecule has 84 heavy (non-hydrogen) atoms. The van der Waals surface area contributed by atoms with Crippen LogP contribution in [0.3, 0.4) is 0 Å². The lowest BCUT2D eigenvalue weighted by molar-refractivity contribution is 0.954. The molecule has 0 bridgehead atoms. The van der Waals surface area contributed by atoms with E-state index >= 15 is 0 Å². The van der Waals surface area contributed by atoms with Crippen LogP contribution in [0.2, 0.25) is 0 Å². The minimum Gasteiger partial charge on any atom is -0.309 e. The first-order chi connectivity index (χ1) is 41.6. The number of nitrogens with zero attached hydrogens (tertiary/aromatic N) is 5. The van der Waals surface area contributed by atoms with Crippen molar-refractivity contribution in [1.29, 1.82) is 0 Å². The summed E-state index contributed by atoms with van der Waals surface area (Å²) < 4.78 is 15.0. The molecule has 0 aliphatic carbocycles. The number of para-hydroxylation sites is 2. The SMILES string of the molecule is c1ccc2c(c1)sc1ccc(-c3cc(-c4ccc5sc6ccccc6c5c4)cc(-n4c5ccccc5c5c6c7ccccc7n(-c7nc(-c8ccc9sc%10ccccc%10c9c8)nc(-c8ccc9sc%10ccccc%10c9c8)n7)c6ccc54)c3)cc12. The van der Waals surface area contributed by atoms with E-state index in [4.69, 9.17) is 15.0 Å². The highest BCUT2D eigenvalue weighted by atomic mass is 32.1. The zero-order valence-electron chi connectivity index (χ0n) is 44.5. The third-order valence-electron chi connectivity index (χ3n) is 17.2. The van der Waals surface area contributed by atoms with E-state index in [9.17, 15) is 0 Å². The van der Waals surface area contributed by atoms with Gasteiger partial charge >= 0.3 is 0 Å². The predicted molar refractivity (Wildman–Crippen MR) is 362 cm³/mol. The highest BCUT2D eigenvalue weighted by Gasteiger charge is 2.24. The summed E-state index contributed by atoms with van der Waals surface area (Å²) in [5, 5.41) is 14.7. The zero-order chi connectivity index (χ0) is 54.7. The number of hydrogen-bond donors (Lipinski definition) is 0. The van der Waals surface area contributed by atoms with Crippen molar-refractivity contribution in [3.63, 3.8) is 0 Å². The Kier molecular flexibility index (Phi) is 9.91. The fourth-order valence-electron chi connectivity index (χ4n) is 13.4. The molecule has 7 heterocycles.